The maximum absolute atomic E-state index is 12.6. The first-order chi connectivity index (χ1) is 12.2. The molecule has 3 heterocycles. The summed E-state index contributed by atoms with van der Waals surface area (Å²) in [6.07, 6.45) is 7.99. The van der Waals surface area contributed by atoms with Gasteiger partial charge in [-0.2, -0.15) is 0 Å². The van der Waals surface area contributed by atoms with Gasteiger partial charge < -0.3 is 14.4 Å². The Morgan fingerprint density at radius 3 is 3.16 bits per heavy atom. The Hall–Kier alpha value is -1.95. The number of ether oxygens (including phenoxy) is 2. The molecule has 6 heteroatoms. The second-order valence-electron chi connectivity index (χ2n) is 7.25. The molecule has 1 amide bonds. The van der Waals surface area contributed by atoms with Crippen LogP contribution in [0.5, 0.6) is 6.01 Å². The van der Waals surface area contributed by atoms with Crippen LogP contribution in [0.3, 0.4) is 0 Å². The summed E-state index contributed by atoms with van der Waals surface area (Å²) in [5.41, 5.74) is 1.90. The third-order valence-corrected chi connectivity index (χ3v) is 5.53. The summed E-state index contributed by atoms with van der Waals surface area (Å²) in [5, 5.41) is 0. The molecular weight excluding hydrogens is 318 g/mol. The second-order valence-corrected chi connectivity index (χ2v) is 7.25. The standard InChI is InChI=1S/C19H25N3O3/c1-13-6-8-20-19(21-13)24-9-7-15-12-25-17-11-22(10-16(15)17)18(23)14-4-2-3-5-14/h4,6,8,15-17H,2-3,5,7,9-12H2,1H3/t15-,16-,17-/m1/s1. The molecule has 0 bridgehead atoms. The van der Waals surface area contributed by atoms with Crippen molar-refractivity contribution in [2.75, 3.05) is 26.3 Å². The monoisotopic (exact) mass is 343 g/mol. The number of aryl methyl sites for hydroxylation is 1. The van der Waals surface area contributed by atoms with E-state index in [4.69, 9.17) is 9.47 Å². The normalized spacial score (nSPS) is 28.1. The molecule has 0 unspecified atom stereocenters. The van der Waals surface area contributed by atoms with Crippen molar-refractivity contribution in [2.45, 2.75) is 38.7 Å². The molecule has 6 nitrogen and oxygen atoms in total. The Morgan fingerprint density at radius 2 is 2.36 bits per heavy atom. The first-order valence-corrected chi connectivity index (χ1v) is 9.23. The van der Waals surface area contributed by atoms with Gasteiger partial charge in [0, 0.05) is 36.5 Å². The van der Waals surface area contributed by atoms with Crippen LogP contribution in [0.25, 0.3) is 0 Å². The fourth-order valence-corrected chi connectivity index (χ4v) is 4.13. The van der Waals surface area contributed by atoms with Gasteiger partial charge in [-0.05, 0) is 44.6 Å². The molecule has 0 aromatic carbocycles. The molecule has 0 N–H and O–H groups in total. The SMILES string of the molecule is Cc1ccnc(OCC[C@@H]2CO[C@@H]3CN(C(=O)C4=CCCC4)C[C@H]23)n1. The number of carbonyl (C=O) groups excluding carboxylic acids is 1. The van der Waals surface area contributed by atoms with Crippen molar-refractivity contribution in [2.24, 2.45) is 11.8 Å². The molecule has 1 aliphatic carbocycles. The Balaban J connectivity index is 1.29. The molecule has 2 fully saturated rings. The van der Waals surface area contributed by atoms with Gasteiger partial charge >= 0.3 is 6.01 Å². The number of aromatic nitrogens is 2. The van der Waals surface area contributed by atoms with Crippen LogP contribution < -0.4 is 4.74 Å². The summed E-state index contributed by atoms with van der Waals surface area (Å²) in [6, 6.07) is 2.29. The molecule has 3 atom stereocenters. The largest absolute Gasteiger partial charge is 0.463 e. The minimum absolute atomic E-state index is 0.186. The highest BCUT2D eigenvalue weighted by Crippen LogP contribution is 2.36. The van der Waals surface area contributed by atoms with E-state index < -0.39 is 0 Å². The molecule has 3 aliphatic rings. The lowest BCUT2D eigenvalue weighted by Gasteiger charge is -2.20. The summed E-state index contributed by atoms with van der Waals surface area (Å²) in [4.78, 5) is 23.0. The average Bonchev–Trinajstić information content (AvgIpc) is 3.32. The Morgan fingerprint density at radius 1 is 1.44 bits per heavy atom. The number of rotatable bonds is 5. The molecule has 0 spiro atoms. The summed E-state index contributed by atoms with van der Waals surface area (Å²) in [5.74, 6) is 1.08. The summed E-state index contributed by atoms with van der Waals surface area (Å²) in [7, 11) is 0. The van der Waals surface area contributed by atoms with Gasteiger partial charge in [0.05, 0.1) is 19.3 Å². The number of likely N-dealkylation sites (tertiary alicyclic amines) is 1. The lowest BCUT2D eigenvalue weighted by molar-refractivity contribution is -0.127. The highest BCUT2D eigenvalue weighted by Gasteiger charge is 2.45. The molecule has 2 saturated heterocycles. The van der Waals surface area contributed by atoms with Crippen molar-refractivity contribution < 1.29 is 14.3 Å². The lowest BCUT2D eigenvalue weighted by Crippen LogP contribution is -2.32. The van der Waals surface area contributed by atoms with Gasteiger partial charge in [-0.15, -0.1) is 0 Å². The first kappa shape index (κ1) is 16.5. The zero-order chi connectivity index (χ0) is 17.2. The smallest absolute Gasteiger partial charge is 0.316 e. The quantitative estimate of drug-likeness (QED) is 0.819. The first-order valence-electron chi connectivity index (χ1n) is 9.23. The molecule has 134 valence electrons. The Kier molecular flexibility index (Phi) is 4.70. The van der Waals surface area contributed by atoms with Gasteiger partial charge in [0.15, 0.2) is 0 Å². The maximum Gasteiger partial charge on any atom is 0.316 e. The summed E-state index contributed by atoms with van der Waals surface area (Å²) < 4.78 is 11.6. The Bertz CT molecular complexity index is 676. The molecule has 0 saturated carbocycles. The van der Waals surface area contributed by atoms with E-state index in [1.807, 2.05) is 17.9 Å². The minimum atomic E-state index is 0.186. The lowest BCUT2D eigenvalue weighted by atomic mass is 9.91. The van der Waals surface area contributed by atoms with E-state index in [2.05, 4.69) is 16.0 Å². The summed E-state index contributed by atoms with van der Waals surface area (Å²) in [6.45, 7) is 4.82. The number of allylic oxidation sites excluding steroid dienone is 1. The Labute approximate surface area is 148 Å². The van der Waals surface area contributed by atoms with Crippen LogP contribution >= 0.6 is 0 Å². The predicted molar refractivity (Wildman–Crippen MR) is 92.1 cm³/mol. The fraction of sp³-hybridized carbons (Fsp3) is 0.632. The highest BCUT2D eigenvalue weighted by molar-refractivity contribution is 5.94. The van der Waals surface area contributed by atoms with Crippen LogP contribution in [0.2, 0.25) is 0 Å². The van der Waals surface area contributed by atoms with Crippen molar-refractivity contribution in [1.82, 2.24) is 14.9 Å². The molecule has 4 rings (SSSR count). The van der Waals surface area contributed by atoms with Gasteiger partial charge in [0.1, 0.15) is 0 Å². The third-order valence-electron chi connectivity index (χ3n) is 5.53. The number of fused-ring (bicyclic) bond motifs is 1. The molecule has 0 radical (unpaired) electrons. The molecular formula is C19H25N3O3. The van der Waals surface area contributed by atoms with Crippen molar-refractivity contribution in [1.29, 1.82) is 0 Å². The molecule has 25 heavy (non-hydrogen) atoms. The van der Waals surface area contributed by atoms with Crippen molar-refractivity contribution in [3.63, 3.8) is 0 Å². The molecule has 1 aromatic heterocycles. The topological polar surface area (TPSA) is 64.6 Å². The third kappa shape index (κ3) is 3.54. The van der Waals surface area contributed by atoms with Gasteiger partial charge in [-0.25, -0.2) is 9.97 Å². The van der Waals surface area contributed by atoms with Gasteiger partial charge in [-0.1, -0.05) is 6.08 Å². The van der Waals surface area contributed by atoms with Gasteiger partial charge in [0.25, 0.3) is 0 Å². The average molecular weight is 343 g/mol. The maximum atomic E-state index is 12.6. The van der Waals surface area contributed by atoms with Crippen LogP contribution in [-0.2, 0) is 9.53 Å². The fourth-order valence-electron chi connectivity index (χ4n) is 4.13. The van der Waals surface area contributed by atoms with E-state index in [1.54, 1.807) is 6.20 Å². The molecule has 1 aromatic rings. The second kappa shape index (κ2) is 7.12. The number of hydrogen-bond acceptors (Lipinski definition) is 5. The van der Waals surface area contributed by atoms with Crippen molar-refractivity contribution >= 4 is 5.91 Å². The highest BCUT2D eigenvalue weighted by atomic mass is 16.5. The number of nitrogens with zero attached hydrogens (tertiary/aromatic N) is 3. The zero-order valence-electron chi connectivity index (χ0n) is 14.7. The van der Waals surface area contributed by atoms with E-state index >= 15 is 0 Å². The van der Waals surface area contributed by atoms with E-state index in [0.717, 1.165) is 56.6 Å². The van der Waals surface area contributed by atoms with Crippen LogP contribution in [0.1, 0.15) is 31.4 Å². The van der Waals surface area contributed by atoms with E-state index in [0.29, 0.717) is 24.5 Å². The van der Waals surface area contributed by atoms with Crippen LogP contribution in [0, 0.1) is 18.8 Å². The van der Waals surface area contributed by atoms with E-state index in [1.165, 1.54) is 0 Å². The van der Waals surface area contributed by atoms with Gasteiger partial charge in [0.2, 0.25) is 5.91 Å². The molecule has 2 aliphatic heterocycles. The van der Waals surface area contributed by atoms with Crippen molar-refractivity contribution in [3.8, 4) is 6.01 Å². The van der Waals surface area contributed by atoms with Gasteiger partial charge in [-0.3, -0.25) is 4.79 Å². The zero-order valence-corrected chi connectivity index (χ0v) is 14.7. The van der Waals surface area contributed by atoms with Crippen LogP contribution in [0.4, 0.5) is 0 Å². The number of hydrogen-bond donors (Lipinski definition) is 0. The van der Waals surface area contributed by atoms with E-state index in [9.17, 15) is 4.79 Å². The number of carbonyl (C=O) groups is 1. The van der Waals surface area contributed by atoms with Crippen LogP contribution in [-0.4, -0.2) is 53.2 Å². The minimum Gasteiger partial charge on any atom is -0.463 e. The van der Waals surface area contributed by atoms with Crippen molar-refractivity contribution in [3.05, 3.63) is 29.6 Å². The van der Waals surface area contributed by atoms with Crippen LogP contribution in [0.15, 0.2) is 23.9 Å². The predicted octanol–water partition coefficient (Wildman–Crippen LogP) is 2.14. The summed E-state index contributed by atoms with van der Waals surface area (Å²) >= 11 is 0. The number of amides is 1. The van der Waals surface area contributed by atoms with E-state index in [-0.39, 0.29) is 12.0 Å².